The van der Waals surface area contributed by atoms with Crippen molar-refractivity contribution in [2.24, 2.45) is 0 Å². The molecule has 1 aliphatic carbocycles. The lowest BCUT2D eigenvalue weighted by Crippen LogP contribution is -2.36. The summed E-state index contributed by atoms with van der Waals surface area (Å²) in [4.78, 5) is 23.6. The first-order valence-electron chi connectivity index (χ1n) is 9.30. The topological polar surface area (TPSA) is 58.1 Å². The molecule has 1 aromatic heterocycles. The van der Waals surface area contributed by atoms with Crippen molar-refractivity contribution in [1.29, 1.82) is 0 Å². The fraction of sp³-hybridized carbons (Fsp3) is 0.450. The lowest BCUT2D eigenvalue weighted by molar-refractivity contribution is 0.0937. The van der Waals surface area contributed by atoms with Crippen LogP contribution in [0.3, 0.4) is 0 Å². The number of rotatable bonds is 6. The molecule has 0 radical (unpaired) electrons. The third-order valence-electron chi connectivity index (χ3n) is 5.17. The molecule has 1 saturated heterocycles. The summed E-state index contributed by atoms with van der Waals surface area (Å²) >= 11 is 6.03. The van der Waals surface area contributed by atoms with E-state index in [1.807, 2.05) is 24.3 Å². The standard InChI is InChI=1S/C20H23ClN4O/c21-17-7-5-14(6-8-17)18(25-9-1-2-10-25)13-24-20(26)16-11-22-19(23-12-16)15-3-4-15/h5-8,11-12,15,18H,1-4,9-10,13H2,(H,24,26). The Hall–Kier alpha value is -1.98. The maximum Gasteiger partial charge on any atom is 0.254 e. The minimum Gasteiger partial charge on any atom is -0.350 e. The zero-order chi connectivity index (χ0) is 17.9. The van der Waals surface area contributed by atoms with Crippen molar-refractivity contribution in [3.63, 3.8) is 0 Å². The van der Waals surface area contributed by atoms with Crippen molar-refractivity contribution in [1.82, 2.24) is 20.2 Å². The first-order valence-corrected chi connectivity index (χ1v) is 9.68. The van der Waals surface area contributed by atoms with E-state index in [0.717, 1.165) is 36.8 Å². The number of carbonyl (C=O) groups excluding carboxylic acids is 1. The van der Waals surface area contributed by atoms with Gasteiger partial charge in [-0.15, -0.1) is 0 Å². The lowest BCUT2D eigenvalue weighted by atomic mass is 10.1. The SMILES string of the molecule is O=C(NCC(c1ccc(Cl)cc1)N1CCCC1)c1cnc(C2CC2)nc1. The fourth-order valence-corrected chi connectivity index (χ4v) is 3.62. The molecule has 0 bridgehead atoms. The van der Waals surface area contributed by atoms with E-state index in [-0.39, 0.29) is 11.9 Å². The smallest absolute Gasteiger partial charge is 0.254 e. The van der Waals surface area contributed by atoms with Crippen molar-refractivity contribution in [3.05, 3.63) is 58.6 Å². The van der Waals surface area contributed by atoms with Gasteiger partial charge in [-0.05, 0) is 56.5 Å². The highest BCUT2D eigenvalue weighted by molar-refractivity contribution is 6.30. The molecule has 2 aromatic rings. The fourth-order valence-electron chi connectivity index (χ4n) is 3.50. The minimum atomic E-state index is -0.120. The van der Waals surface area contributed by atoms with Crippen LogP contribution in [0.2, 0.25) is 5.02 Å². The highest BCUT2D eigenvalue weighted by Crippen LogP contribution is 2.37. The number of hydrogen-bond donors (Lipinski definition) is 1. The number of benzene rings is 1. The average Bonchev–Trinajstić information content (AvgIpc) is 3.39. The van der Waals surface area contributed by atoms with Gasteiger partial charge in [0.25, 0.3) is 5.91 Å². The van der Waals surface area contributed by atoms with E-state index in [1.54, 1.807) is 12.4 Å². The van der Waals surface area contributed by atoms with Crippen LogP contribution >= 0.6 is 11.6 Å². The van der Waals surface area contributed by atoms with E-state index < -0.39 is 0 Å². The summed E-state index contributed by atoms with van der Waals surface area (Å²) in [7, 11) is 0. The first-order chi connectivity index (χ1) is 12.7. The molecule has 1 aliphatic heterocycles. The molecule has 1 amide bonds. The molecule has 136 valence electrons. The Kier molecular flexibility index (Phi) is 5.18. The maximum atomic E-state index is 12.5. The number of hydrogen-bond acceptors (Lipinski definition) is 4. The Bertz CT molecular complexity index is 752. The summed E-state index contributed by atoms with van der Waals surface area (Å²) in [5, 5.41) is 3.79. The van der Waals surface area contributed by atoms with Gasteiger partial charge >= 0.3 is 0 Å². The van der Waals surface area contributed by atoms with Gasteiger partial charge < -0.3 is 5.32 Å². The molecular formula is C20H23ClN4O. The first kappa shape index (κ1) is 17.4. The number of nitrogens with zero attached hydrogens (tertiary/aromatic N) is 3. The van der Waals surface area contributed by atoms with E-state index in [2.05, 4.69) is 20.2 Å². The normalized spacial score (nSPS) is 18.7. The van der Waals surface area contributed by atoms with E-state index in [0.29, 0.717) is 18.0 Å². The van der Waals surface area contributed by atoms with Crippen molar-refractivity contribution in [2.45, 2.75) is 37.6 Å². The summed E-state index contributed by atoms with van der Waals surface area (Å²) in [5.74, 6) is 1.24. The van der Waals surface area contributed by atoms with Gasteiger partial charge in [0.1, 0.15) is 5.82 Å². The van der Waals surface area contributed by atoms with E-state index in [4.69, 9.17) is 11.6 Å². The van der Waals surface area contributed by atoms with Gasteiger partial charge in [0.05, 0.1) is 11.6 Å². The summed E-state index contributed by atoms with van der Waals surface area (Å²) < 4.78 is 0. The van der Waals surface area contributed by atoms with Crippen molar-refractivity contribution < 1.29 is 4.79 Å². The molecule has 6 heteroatoms. The van der Waals surface area contributed by atoms with E-state index >= 15 is 0 Å². The van der Waals surface area contributed by atoms with Crippen molar-refractivity contribution >= 4 is 17.5 Å². The Morgan fingerprint density at radius 1 is 1.15 bits per heavy atom. The molecule has 1 N–H and O–H groups in total. The summed E-state index contributed by atoms with van der Waals surface area (Å²) in [6, 6.07) is 8.07. The number of aromatic nitrogens is 2. The lowest BCUT2D eigenvalue weighted by Gasteiger charge is -2.28. The highest BCUT2D eigenvalue weighted by Gasteiger charge is 2.27. The van der Waals surface area contributed by atoms with Gasteiger partial charge in [0, 0.05) is 29.9 Å². The largest absolute Gasteiger partial charge is 0.350 e. The van der Waals surface area contributed by atoms with Gasteiger partial charge in [-0.2, -0.15) is 0 Å². The molecule has 0 spiro atoms. The van der Waals surface area contributed by atoms with Gasteiger partial charge in [-0.3, -0.25) is 9.69 Å². The molecule has 1 aromatic carbocycles. The van der Waals surface area contributed by atoms with Crippen molar-refractivity contribution in [3.8, 4) is 0 Å². The number of amides is 1. The average molecular weight is 371 g/mol. The van der Waals surface area contributed by atoms with Crippen LogP contribution in [-0.4, -0.2) is 40.4 Å². The number of carbonyl (C=O) groups is 1. The van der Waals surface area contributed by atoms with Crippen molar-refractivity contribution in [2.75, 3.05) is 19.6 Å². The molecule has 26 heavy (non-hydrogen) atoms. The van der Waals surface area contributed by atoms with E-state index in [1.165, 1.54) is 18.4 Å². The second-order valence-electron chi connectivity index (χ2n) is 7.12. The van der Waals surface area contributed by atoms with Crippen LogP contribution < -0.4 is 5.32 Å². The highest BCUT2D eigenvalue weighted by atomic mass is 35.5. The van der Waals surface area contributed by atoms with Gasteiger partial charge in [-0.25, -0.2) is 9.97 Å². The van der Waals surface area contributed by atoms with Crippen LogP contribution in [0.1, 0.15) is 59.4 Å². The predicted octanol–water partition coefficient (Wildman–Crippen LogP) is 3.57. The maximum absolute atomic E-state index is 12.5. The molecule has 1 unspecified atom stereocenters. The Balaban J connectivity index is 1.43. The second-order valence-corrected chi connectivity index (χ2v) is 7.56. The summed E-state index contributed by atoms with van der Waals surface area (Å²) in [5.41, 5.74) is 1.70. The molecule has 1 saturated carbocycles. The molecule has 2 heterocycles. The third-order valence-corrected chi connectivity index (χ3v) is 5.42. The Labute approximate surface area is 158 Å². The summed E-state index contributed by atoms with van der Waals surface area (Å²) in [6.07, 6.45) is 8.00. The zero-order valence-electron chi connectivity index (χ0n) is 14.7. The Morgan fingerprint density at radius 2 is 1.81 bits per heavy atom. The number of halogens is 1. The molecule has 2 fully saturated rings. The second kappa shape index (κ2) is 7.72. The molecule has 2 aliphatic rings. The van der Waals surface area contributed by atoms with Crippen LogP contribution in [0, 0.1) is 0 Å². The molecular weight excluding hydrogens is 348 g/mol. The number of likely N-dealkylation sites (tertiary alicyclic amines) is 1. The van der Waals surface area contributed by atoms with Crippen LogP contribution in [0.15, 0.2) is 36.7 Å². The van der Waals surface area contributed by atoms with Crippen LogP contribution in [-0.2, 0) is 0 Å². The van der Waals surface area contributed by atoms with Gasteiger partial charge in [-0.1, -0.05) is 23.7 Å². The van der Waals surface area contributed by atoms with Crippen LogP contribution in [0.25, 0.3) is 0 Å². The monoisotopic (exact) mass is 370 g/mol. The predicted molar refractivity (Wildman–Crippen MR) is 101 cm³/mol. The minimum absolute atomic E-state index is 0.120. The number of nitrogens with one attached hydrogen (secondary N) is 1. The van der Waals surface area contributed by atoms with Crippen LogP contribution in [0.4, 0.5) is 0 Å². The molecule has 5 nitrogen and oxygen atoms in total. The van der Waals surface area contributed by atoms with Gasteiger partial charge in [0.2, 0.25) is 0 Å². The quantitative estimate of drug-likeness (QED) is 0.844. The summed E-state index contributed by atoms with van der Waals surface area (Å²) in [6.45, 7) is 2.68. The van der Waals surface area contributed by atoms with E-state index in [9.17, 15) is 4.79 Å². The van der Waals surface area contributed by atoms with Crippen LogP contribution in [0.5, 0.6) is 0 Å². The third kappa shape index (κ3) is 4.05. The molecule has 1 atom stereocenters. The molecule has 4 rings (SSSR count). The Morgan fingerprint density at radius 3 is 2.42 bits per heavy atom. The van der Waals surface area contributed by atoms with Gasteiger partial charge in [0.15, 0.2) is 0 Å². The zero-order valence-corrected chi connectivity index (χ0v) is 15.5.